The van der Waals surface area contributed by atoms with Crippen molar-refractivity contribution in [2.45, 2.75) is 4.90 Å². The number of nitrogens with two attached hydrogens (primary N) is 2. The zero-order valence-corrected chi connectivity index (χ0v) is 8.96. The molecule has 0 amide bonds. The highest BCUT2D eigenvalue weighted by Crippen LogP contribution is 2.24. The first kappa shape index (κ1) is 10.1. The highest BCUT2D eigenvalue weighted by Gasteiger charge is 1.99. The average Bonchev–Trinajstić information content (AvgIpc) is 2.07. The largest absolute Gasteiger partial charge is 0.398 e. The summed E-state index contributed by atoms with van der Waals surface area (Å²) in [7, 11) is 0. The Labute approximate surface area is 87.8 Å². The van der Waals surface area contributed by atoms with Crippen molar-refractivity contribution < 1.29 is 9.32 Å². The van der Waals surface area contributed by atoms with Crippen molar-refractivity contribution in [3.8, 4) is 0 Å². The van der Waals surface area contributed by atoms with E-state index in [1.54, 1.807) is 6.07 Å². The average molecular weight is 298 g/mol. The lowest BCUT2D eigenvalue weighted by Gasteiger charge is -2.00. The van der Waals surface area contributed by atoms with Crippen LogP contribution >= 0.6 is 34.6 Å². The molecule has 12 heavy (non-hydrogen) atoms. The molecule has 6 heteroatoms. The van der Waals surface area contributed by atoms with Gasteiger partial charge in [-0.2, -0.15) is 5.90 Å². The summed E-state index contributed by atoms with van der Waals surface area (Å²) in [5, 5.41) is 0. The second-order valence-corrected chi connectivity index (χ2v) is 3.87. The molecule has 0 aliphatic carbocycles. The highest BCUT2D eigenvalue weighted by atomic mass is 127. The molecule has 0 atom stereocenters. The summed E-state index contributed by atoms with van der Waals surface area (Å²) < 4.78 is 5.44. The third-order valence-corrected chi connectivity index (χ3v) is 2.67. The van der Waals surface area contributed by atoms with Crippen LogP contribution in [0.3, 0.4) is 0 Å². The molecule has 4 N–H and O–H groups in total. The molecule has 1 aromatic rings. The predicted octanol–water partition coefficient (Wildman–Crippen LogP) is 1.70. The van der Waals surface area contributed by atoms with Gasteiger partial charge in [-0.25, -0.2) is 0 Å². The second-order valence-electron chi connectivity index (χ2n) is 1.93. The third kappa shape index (κ3) is 2.79. The van der Waals surface area contributed by atoms with Gasteiger partial charge in [-0.1, -0.05) is 0 Å². The summed E-state index contributed by atoms with van der Waals surface area (Å²) in [5.74, 6) is 4.67. The summed E-state index contributed by atoms with van der Waals surface area (Å²) >= 11 is 3.17. The summed E-state index contributed by atoms with van der Waals surface area (Å²) in [6.07, 6.45) is 0. The Hall–Kier alpha value is -0.0200. The van der Waals surface area contributed by atoms with Crippen molar-refractivity contribution in [1.29, 1.82) is 0 Å². The van der Waals surface area contributed by atoms with E-state index in [9.17, 15) is 0 Å². The minimum Gasteiger partial charge on any atom is -0.398 e. The molecule has 0 aromatic heterocycles. The van der Waals surface area contributed by atoms with Crippen molar-refractivity contribution in [3.63, 3.8) is 0 Å². The fraction of sp³-hybridized carbons (Fsp3) is 0. The molecular formula is C6H7IN2O2S. The van der Waals surface area contributed by atoms with Crippen LogP contribution in [0.15, 0.2) is 23.1 Å². The summed E-state index contributed by atoms with van der Waals surface area (Å²) in [5.41, 5.74) is 6.35. The van der Waals surface area contributed by atoms with E-state index in [0.717, 1.165) is 26.2 Å². The van der Waals surface area contributed by atoms with E-state index in [4.69, 9.17) is 5.73 Å². The SMILES string of the molecule is NOOSc1ccc(N)c(I)c1. The number of benzene rings is 1. The van der Waals surface area contributed by atoms with Crippen LogP contribution in [0.1, 0.15) is 0 Å². The van der Waals surface area contributed by atoms with Crippen LogP contribution < -0.4 is 11.6 Å². The molecule has 4 nitrogen and oxygen atoms in total. The quantitative estimate of drug-likeness (QED) is 0.292. The van der Waals surface area contributed by atoms with E-state index >= 15 is 0 Å². The fourth-order valence-electron chi connectivity index (χ4n) is 0.619. The van der Waals surface area contributed by atoms with Gasteiger partial charge >= 0.3 is 0 Å². The van der Waals surface area contributed by atoms with Crippen LogP contribution in [0.25, 0.3) is 0 Å². The third-order valence-electron chi connectivity index (χ3n) is 1.14. The van der Waals surface area contributed by atoms with E-state index in [-0.39, 0.29) is 0 Å². The molecule has 0 fully saturated rings. The summed E-state index contributed by atoms with van der Waals surface area (Å²) in [4.78, 5) is 4.83. The summed E-state index contributed by atoms with van der Waals surface area (Å²) in [6.45, 7) is 0. The molecule has 0 unspecified atom stereocenters. The van der Waals surface area contributed by atoms with Gasteiger partial charge in [0.15, 0.2) is 0 Å². The van der Waals surface area contributed by atoms with Crippen LogP contribution in [-0.4, -0.2) is 0 Å². The Morgan fingerprint density at radius 2 is 2.17 bits per heavy atom. The zero-order chi connectivity index (χ0) is 8.97. The van der Waals surface area contributed by atoms with Gasteiger partial charge in [0, 0.05) is 14.2 Å². The molecule has 0 heterocycles. The molecule has 0 saturated carbocycles. The molecule has 0 spiro atoms. The van der Waals surface area contributed by atoms with E-state index in [1.165, 1.54) is 0 Å². The number of nitrogen functional groups attached to an aromatic ring is 1. The molecule has 0 saturated heterocycles. The second kappa shape index (κ2) is 4.87. The van der Waals surface area contributed by atoms with Gasteiger partial charge in [-0.15, -0.1) is 9.32 Å². The number of rotatable bonds is 3. The fourth-order valence-corrected chi connectivity index (χ4v) is 1.75. The van der Waals surface area contributed by atoms with Crippen LogP contribution in [0.2, 0.25) is 0 Å². The lowest BCUT2D eigenvalue weighted by atomic mass is 10.3. The Kier molecular flexibility index (Phi) is 4.09. The first-order valence-corrected chi connectivity index (χ1v) is 4.81. The lowest BCUT2D eigenvalue weighted by Crippen LogP contribution is -1.94. The Morgan fingerprint density at radius 1 is 1.42 bits per heavy atom. The lowest BCUT2D eigenvalue weighted by molar-refractivity contribution is -0.195. The minimum atomic E-state index is 0.744. The first-order chi connectivity index (χ1) is 5.74. The maximum Gasteiger partial charge on any atom is 0.0703 e. The number of hydrogen-bond acceptors (Lipinski definition) is 5. The molecule has 66 valence electrons. The van der Waals surface area contributed by atoms with Crippen LogP contribution in [-0.2, 0) is 9.32 Å². The zero-order valence-electron chi connectivity index (χ0n) is 5.99. The molecule has 1 rings (SSSR count). The maximum atomic E-state index is 5.60. The standard InChI is InChI=1S/C6H7IN2O2S/c7-5-3-4(12-11-10-9)1-2-6(5)8/h1-3H,8-9H2. The molecular weight excluding hydrogens is 291 g/mol. The monoisotopic (exact) mass is 298 g/mol. The van der Waals surface area contributed by atoms with Gasteiger partial charge in [0.2, 0.25) is 0 Å². The van der Waals surface area contributed by atoms with Gasteiger partial charge < -0.3 is 5.73 Å². The van der Waals surface area contributed by atoms with Gasteiger partial charge in [0.05, 0.1) is 12.0 Å². The van der Waals surface area contributed by atoms with E-state index < -0.39 is 0 Å². The van der Waals surface area contributed by atoms with Crippen molar-refractivity contribution in [3.05, 3.63) is 21.8 Å². The van der Waals surface area contributed by atoms with Gasteiger partial charge in [0.1, 0.15) is 0 Å². The topological polar surface area (TPSA) is 70.5 Å². The molecule has 0 bridgehead atoms. The van der Waals surface area contributed by atoms with Gasteiger partial charge in [-0.05, 0) is 40.8 Å². The van der Waals surface area contributed by atoms with Crippen LogP contribution in [0.5, 0.6) is 0 Å². The smallest absolute Gasteiger partial charge is 0.0703 e. The van der Waals surface area contributed by atoms with Crippen molar-refractivity contribution in [1.82, 2.24) is 0 Å². The summed E-state index contributed by atoms with van der Waals surface area (Å²) in [6, 6.07) is 5.49. The normalized spacial score (nSPS) is 10.2. The first-order valence-electron chi connectivity index (χ1n) is 2.99. The Morgan fingerprint density at radius 3 is 2.75 bits per heavy atom. The Balaban J connectivity index is 2.69. The number of anilines is 1. The molecule has 0 radical (unpaired) electrons. The highest BCUT2D eigenvalue weighted by molar-refractivity contribution is 14.1. The van der Waals surface area contributed by atoms with E-state index in [1.807, 2.05) is 12.1 Å². The van der Waals surface area contributed by atoms with Crippen molar-refractivity contribution in [2.24, 2.45) is 5.90 Å². The van der Waals surface area contributed by atoms with Crippen LogP contribution in [0, 0.1) is 3.57 Å². The number of hydrogen-bond donors (Lipinski definition) is 2. The van der Waals surface area contributed by atoms with E-state index in [0.29, 0.717) is 0 Å². The van der Waals surface area contributed by atoms with Crippen molar-refractivity contribution >= 4 is 40.3 Å². The molecule has 0 aliphatic heterocycles. The predicted molar refractivity (Wildman–Crippen MR) is 55.8 cm³/mol. The Bertz CT molecular complexity index is 272. The maximum absolute atomic E-state index is 5.60. The van der Waals surface area contributed by atoms with E-state index in [2.05, 4.69) is 37.8 Å². The number of halogens is 1. The van der Waals surface area contributed by atoms with Gasteiger partial charge in [-0.3, -0.25) is 0 Å². The minimum absolute atomic E-state index is 0.744. The van der Waals surface area contributed by atoms with Crippen molar-refractivity contribution in [2.75, 3.05) is 5.73 Å². The molecule has 0 aliphatic rings. The van der Waals surface area contributed by atoms with Crippen LogP contribution in [0.4, 0.5) is 5.69 Å². The van der Waals surface area contributed by atoms with Gasteiger partial charge in [0.25, 0.3) is 0 Å². The molecule has 1 aromatic carbocycles.